The van der Waals surface area contributed by atoms with Crippen molar-refractivity contribution in [2.24, 2.45) is 0 Å². The van der Waals surface area contributed by atoms with Crippen LogP contribution in [0.15, 0.2) is 41.3 Å². The lowest BCUT2D eigenvalue weighted by Gasteiger charge is -2.17. The molecule has 2 heterocycles. The van der Waals surface area contributed by atoms with Gasteiger partial charge in [0, 0.05) is 5.39 Å². The van der Waals surface area contributed by atoms with Gasteiger partial charge < -0.3 is 0 Å². The van der Waals surface area contributed by atoms with E-state index in [1.807, 2.05) is 12.1 Å². The van der Waals surface area contributed by atoms with E-state index in [4.69, 9.17) is 0 Å². The molecule has 2 aromatic carbocycles. The van der Waals surface area contributed by atoms with Crippen LogP contribution in [0.3, 0.4) is 0 Å². The van der Waals surface area contributed by atoms with Crippen LogP contribution in [0.1, 0.15) is 5.01 Å². The van der Waals surface area contributed by atoms with Crippen LogP contribution in [0.4, 0.5) is 10.8 Å². The highest BCUT2D eigenvalue weighted by Crippen LogP contribution is 2.41. The van der Waals surface area contributed by atoms with Crippen molar-refractivity contribution in [2.45, 2.75) is 11.8 Å². The molecule has 0 bridgehead atoms. The Morgan fingerprint density at radius 3 is 2.67 bits per heavy atom. The topological polar surface area (TPSA) is 92.3 Å². The number of anilines is 2. The van der Waals surface area contributed by atoms with Gasteiger partial charge in [-0.15, -0.1) is 10.2 Å². The third-order valence-corrected chi connectivity index (χ3v) is 6.30. The van der Waals surface area contributed by atoms with Gasteiger partial charge in [-0.1, -0.05) is 35.6 Å². The normalized spacial score (nSPS) is 15.0. The first kappa shape index (κ1) is 15.0. The molecule has 0 radical (unpaired) electrons. The van der Waals surface area contributed by atoms with Crippen LogP contribution >= 0.6 is 11.3 Å². The van der Waals surface area contributed by atoms with Crippen LogP contribution in [-0.4, -0.2) is 31.1 Å². The number of hydrogen-bond acceptors (Lipinski definition) is 6. The van der Waals surface area contributed by atoms with Gasteiger partial charge in [0.2, 0.25) is 11.0 Å². The number of nitrogens with one attached hydrogen (secondary N) is 1. The summed E-state index contributed by atoms with van der Waals surface area (Å²) in [5.74, 6) is -0.459. The molecule has 24 heavy (non-hydrogen) atoms. The first-order valence-corrected chi connectivity index (χ1v) is 9.37. The van der Waals surface area contributed by atoms with Gasteiger partial charge in [-0.2, -0.15) is 0 Å². The Morgan fingerprint density at radius 1 is 1.21 bits per heavy atom. The first-order chi connectivity index (χ1) is 11.5. The van der Waals surface area contributed by atoms with Crippen LogP contribution in [0.5, 0.6) is 0 Å². The van der Waals surface area contributed by atoms with Crippen molar-refractivity contribution < 1.29 is 13.2 Å². The smallest absolute Gasteiger partial charge is 0.265 e. The number of sulfonamides is 1. The van der Waals surface area contributed by atoms with Gasteiger partial charge in [-0.3, -0.25) is 14.4 Å². The van der Waals surface area contributed by atoms with Crippen molar-refractivity contribution in [2.75, 3.05) is 16.2 Å². The Kier molecular flexibility index (Phi) is 3.29. The molecule has 122 valence electrons. The zero-order valence-electron chi connectivity index (χ0n) is 12.6. The molecule has 0 atom stereocenters. The molecular weight excluding hydrogens is 348 g/mol. The number of aromatic nitrogens is 2. The number of nitrogens with zero attached hydrogens (tertiary/aromatic N) is 3. The minimum Gasteiger partial charge on any atom is -0.299 e. The van der Waals surface area contributed by atoms with E-state index in [0.29, 0.717) is 16.2 Å². The van der Waals surface area contributed by atoms with E-state index in [1.165, 1.54) is 11.3 Å². The van der Waals surface area contributed by atoms with E-state index < -0.39 is 15.9 Å². The van der Waals surface area contributed by atoms with Crippen molar-refractivity contribution in [3.8, 4) is 0 Å². The summed E-state index contributed by atoms with van der Waals surface area (Å²) in [6.07, 6.45) is 0. The Hall–Kier alpha value is -2.52. The van der Waals surface area contributed by atoms with E-state index in [0.717, 1.165) is 14.7 Å². The minimum absolute atomic E-state index is 0.232. The number of carbonyl (C=O) groups excluding carboxylic acids is 1. The summed E-state index contributed by atoms with van der Waals surface area (Å²) in [6, 6.07) is 10.5. The van der Waals surface area contributed by atoms with E-state index in [1.54, 1.807) is 31.2 Å². The largest absolute Gasteiger partial charge is 0.299 e. The van der Waals surface area contributed by atoms with Gasteiger partial charge in [-0.05, 0) is 24.4 Å². The van der Waals surface area contributed by atoms with Crippen molar-refractivity contribution in [3.63, 3.8) is 0 Å². The molecular formula is C15H12N4O3S2. The highest BCUT2D eigenvalue weighted by atomic mass is 32.2. The number of carbonyl (C=O) groups is 1. The van der Waals surface area contributed by atoms with Crippen molar-refractivity contribution in [1.29, 1.82) is 0 Å². The lowest BCUT2D eigenvalue weighted by molar-refractivity contribution is -0.114. The monoisotopic (exact) mass is 360 g/mol. The quantitative estimate of drug-likeness (QED) is 0.773. The second-order valence-electron chi connectivity index (χ2n) is 5.32. The van der Waals surface area contributed by atoms with Gasteiger partial charge in [0.15, 0.2) is 0 Å². The van der Waals surface area contributed by atoms with E-state index in [2.05, 4.69) is 15.5 Å². The first-order valence-electron chi connectivity index (χ1n) is 7.11. The minimum atomic E-state index is -3.74. The second-order valence-corrected chi connectivity index (χ2v) is 8.33. The number of hydrogen-bond donors (Lipinski definition) is 1. The zero-order valence-corrected chi connectivity index (χ0v) is 14.2. The van der Waals surface area contributed by atoms with Crippen molar-refractivity contribution >= 4 is 48.9 Å². The highest BCUT2D eigenvalue weighted by Gasteiger charge is 2.36. The summed E-state index contributed by atoms with van der Waals surface area (Å²) >= 11 is 1.23. The van der Waals surface area contributed by atoms with Crippen LogP contribution < -0.4 is 9.62 Å². The van der Waals surface area contributed by atoms with E-state index >= 15 is 0 Å². The molecule has 9 heteroatoms. The number of amides is 1. The molecule has 1 aliphatic rings. The number of benzene rings is 2. The molecule has 0 spiro atoms. The molecule has 4 rings (SSSR count). The molecule has 0 aliphatic carbocycles. The van der Waals surface area contributed by atoms with E-state index in [9.17, 15) is 13.2 Å². The van der Waals surface area contributed by atoms with Crippen molar-refractivity contribution in [3.05, 3.63) is 41.4 Å². The molecule has 0 unspecified atom stereocenters. The Bertz CT molecular complexity index is 1070. The average molecular weight is 360 g/mol. The van der Waals surface area contributed by atoms with Gasteiger partial charge in [0.25, 0.3) is 10.0 Å². The number of aryl methyl sites for hydroxylation is 1. The molecule has 7 nitrogen and oxygen atoms in total. The summed E-state index contributed by atoms with van der Waals surface area (Å²) in [5.41, 5.74) is 0.520. The van der Waals surface area contributed by atoms with Crippen LogP contribution in [0.25, 0.3) is 10.8 Å². The third-order valence-electron chi connectivity index (χ3n) is 3.74. The Morgan fingerprint density at radius 2 is 1.96 bits per heavy atom. The standard InChI is InChI=1S/C15H12N4O3S2/c1-9-17-18-15(23-9)16-13(20)8-19-11-6-2-4-10-5-3-7-12(14(10)11)24(19,21)22/h2-7H,8H2,1H3,(H,16,18,20). The second kappa shape index (κ2) is 5.25. The Labute approximate surface area is 142 Å². The maximum Gasteiger partial charge on any atom is 0.265 e. The molecule has 1 aromatic heterocycles. The molecule has 3 aromatic rings. The van der Waals surface area contributed by atoms with Crippen molar-refractivity contribution in [1.82, 2.24) is 10.2 Å². The molecule has 0 fully saturated rings. The van der Waals surface area contributed by atoms with Crippen LogP contribution in [-0.2, 0) is 14.8 Å². The lowest BCUT2D eigenvalue weighted by atomic mass is 10.1. The maximum absolute atomic E-state index is 12.8. The summed E-state index contributed by atoms with van der Waals surface area (Å²) < 4.78 is 26.7. The number of rotatable bonds is 3. The van der Waals surface area contributed by atoms with Gasteiger partial charge in [-0.25, -0.2) is 8.42 Å². The molecule has 0 saturated carbocycles. The predicted octanol–water partition coefficient (Wildman–Crippen LogP) is 2.15. The van der Waals surface area contributed by atoms with Crippen LogP contribution in [0.2, 0.25) is 0 Å². The zero-order chi connectivity index (χ0) is 16.9. The van der Waals surface area contributed by atoms with E-state index in [-0.39, 0.29) is 11.4 Å². The van der Waals surface area contributed by atoms with Gasteiger partial charge in [0.05, 0.1) is 10.6 Å². The molecule has 0 saturated heterocycles. The molecule has 1 amide bonds. The fraction of sp³-hybridized carbons (Fsp3) is 0.133. The lowest BCUT2D eigenvalue weighted by Crippen LogP contribution is -2.35. The summed E-state index contributed by atoms with van der Waals surface area (Å²) in [6.45, 7) is 1.46. The maximum atomic E-state index is 12.8. The SMILES string of the molecule is Cc1nnc(NC(=O)CN2c3cccc4cccc(c34)S2(=O)=O)s1. The predicted molar refractivity (Wildman–Crippen MR) is 91.8 cm³/mol. The molecule has 1 N–H and O–H groups in total. The fourth-order valence-electron chi connectivity index (χ4n) is 2.76. The third kappa shape index (κ3) is 2.24. The van der Waals surface area contributed by atoms with Gasteiger partial charge in [0.1, 0.15) is 11.6 Å². The average Bonchev–Trinajstić information content (AvgIpc) is 3.04. The molecule has 1 aliphatic heterocycles. The fourth-order valence-corrected chi connectivity index (χ4v) is 5.04. The summed E-state index contributed by atoms with van der Waals surface area (Å²) in [7, 11) is -3.74. The Balaban J connectivity index is 1.69. The highest BCUT2D eigenvalue weighted by molar-refractivity contribution is 7.93. The van der Waals surface area contributed by atoms with Crippen LogP contribution in [0, 0.1) is 6.92 Å². The van der Waals surface area contributed by atoms with Gasteiger partial charge >= 0.3 is 0 Å². The summed E-state index contributed by atoms with van der Waals surface area (Å²) in [5, 5.41) is 12.8. The summed E-state index contributed by atoms with van der Waals surface area (Å²) in [4.78, 5) is 12.5.